The second-order valence-corrected chi connectivity index (χ2v) is 5.79. The smallest absolute Gasteiger partial charge is 0.175 e. The van der Waals surface area contributed by atoms with E-state index in [0.717, 1.165) is 20.2 Å². The molecule has 6 heteroatoms. The molecule has 2 aromatic rings. The predicted octanol–water partition coefficient (Wildman–Crippen LogP) is 3.69. The summed E-state index contributed by atoms with van der Waals surface area (Å²) in [6, 6.07) is 7.33. The van der Waals surface area contributed by atoms with E-state index in [1.807, 2.05) is 12.1 Å². The van der Waals surface area contributed by atoms with Crippen LogP contribution in [0.4, 0.5) is 0 Å². The minimum Gasteiger partial charge on any atom is -0.493 e. The third-order valence-corrected chi connectivity index (χ3v) is 3.68. The zero-order chi connectivity index (χ0) is 14.5. The Morgan fingerprint density at radius 1 is 1.25 bits per heavy atom. The van der Waals surface area contributed by atoms with Gasteiger partial charge in [0.1, 0.15) is 6.61 Å². The molecule has 0 aliphatic carbocycles. The Kier molecular flexibility index (Phi) is 5.39. The van der Waals surface area contributed by atoms with Gasteiger partial charge < -0.3 is 14.6 Å². The molecule has 20 heavy (non-hydrogen) atoms. The van der Waals surface area contributed by atoms with E-state index in [1.54, 1.807) is 25.4 Å². The maximum absolute atomic E-state index is 9.18. The van der Waals surface area contributed by atoms with Gasteiger partial charge >= 0.3 is 0 Å². The first-order valence-electron chi connectivity index (χ1n) is 5.84. The first-order valence-corrected chi connectivity index (χ1v) is 7.43. The highest BCUT2D eigenvalue weighted by Crippen LogP contribution is 2.37. The number of aliphatic hydroxyl groups excluding tert-OH is 1. The van der Waals surface area contributed by atoms with Crippen LogP contribution >= 0.6 is 31.9 Å². The van der Waals surface area contributed by atoms with Crippen LogP contribution in [0, 0.1) is 0 Å². The van der Waals surface area contributed by atoms with Gasteiger partial charge in [-0.05, 0) is 61.7 Å². The van der Waals surface area contributed by atoms with Crippen molar-refractivity contribution < 1.29 is 14.6 Å². The van der Waals surface area contributed by atoms with Gasteiger partial charge in [-0.2, -0.15) is 0 Å². The monoisotopic (exact) mass is 401 g/mol. The number of hydrogen-bond donors (Lipinski definition) is 1. The molecule has 0 bridgehead atoms. The zero-order valence-corrected chi connectivity index (χ0v) is 13.9. The number of nitrogens with zero attached hydrogens (tertiary/aromatic N) is 1. The Morgan fingerprint density at radius 3 is 2.65 bits per heavy atom. The van der Waals surface area contributed by atoms with E-state index >= 15 is 0 Å². The lowest BCUT2D eigenvalue weighted by Crippen LogP contribution is -2.01. The normalized spacial score (nSPS) is 10.4. The van der Waals surface area contributed by atoms with Crippen LogP contribution in [0.3, 0.4) is 0 Å². The zero-order valence-electron chi connectivity index (χ0n) is 10.8. The average molecular weight is 403 g/mol. The molecule has 0 unspecified atom stereocenters. The molecule has 0 aliphatic heterocycles. The number of methoxy groups -OCH3 is 1. The summed E-state index contributed by atoms with van der Waals surface area (Å²) < 4.78 is 12.7. The number of pyridine rings is 1. The number of ether oxygens (including phenoxy) is 2. The summed E-state index contributed by atoms with van der Waals surface area (Å²) in [5.41, 5.74) is 1.57. The Bertz CT molecular complexity index is 588. The van der Waals surface area contributed by atoms with Crippen molar-refractivity contribution in [1.82, 2.24) is 4.98 Å². The van der Waals surface area contributed by atoms with E-state index in [9.17, 15) is 5.11 Å². The molecular formula is C14H13Br2NO3. The lowest BCUT2D eigenvalue weighted by molar-refractivity contribution is 0.271. The Morgan fingerprint density at radius 2 is 2.05 bits per heavy atom. The fourth-order valence-electron chi connectivity index (χ4n) is 1.64. The van der Waals surface area contributed by atoms with Crippen LogP contribution in [0.2, 0.25) is 0 Å². The summed E-state index contributed by atoms with van der Waals surface area (Å²) in [6.07, 6.45) is 1.72. The Balaban J connectivity index is 2.18. The summed E-state index contributed by atoms with van der Waals surface area (Å²) in [4.78, 5) is 4.24. The summed E-state index contributed by atoms with van der Waals surface area (Å²) in [5.74, 6) is 1.16. The largest absolute Gasteiger partial charge is 0.493 e. The van der Waals surface area contributed by atoms with Gasteiger partial charge in [0.2, 0.25) is 0 Å². The molecule has 1 aromatic heterocycles. The third kappa shape index (κ3) is 3.71. The highest BCUT2D eigenvalue weighted by Gasteiger charge is 2.12. The first-order chi connectivity index (χ1) is 9.63. The molecule has 0 fully saturated rings. The molecule has 4 nitrogen and oxygen atoms in total. The Labute approximate surface area is 134 Å². The first kappa shape index (κ1) is 15.3. The van der Waals surface area contributed by atoms with E-state index < -0.39 is 0 Å². The van der Waals surface area contributed by atoms with Gasteiger partial charge in [0.05, 0.1) is 23.9 Å². The fraction of sp³-hybridized carbons (Fsp3) is 0.214. The lowest BCUT2D eigenvalue weighted by Gasteiger charge is -2.13. The van der Waals surface area contributed by atoms with Gasteiger partial charge in [-0.25, -0.2) is 0 Å². The predicted molar refractivity (Wildman–Crippen MR) is 82.9 cm³/mol. The Hall–Kier alpha value is -1.11. The van der Waals surface area contributed by atoms with Crippen molar-refractivity contribution in [3.05, 3.63) is 50.7 Å². The highest BCUT2D eigenvalue weighted by atomic mass is 79.9. The van der Waals surface area contributed by atoms with Crippen LogP contribution in [0.25, 0.3) is 0 Å². The fourth-order valence-corrected chi connectivity index (χ4v) is 2.48. The van der Waals surface area contributed by atoms with Crippen molar-refractivity contribution >= 4 is 31.9 Å². The van der Waals surface area contributed by atoms with Crippen molar-refractivity contribution in [2.45, 2.75) is 13.2 Å². The maximum Gasteiger partial charge on any atom is 0.175 e. The number of rotatable bonds is 5. The molecule has 0 saturated heterocycles. The van der Waals surface area contributed by atoms with E-state index in [-0.39, 0.29) is 6.61 Å². The standard InChI is InChI=1S/C14H13Br2NO3/c1-19-13-5-9(7-18)4-12(16)14(13)20-8-11-3-2-10(15)6-17-11/h2-6,18H,7-8H2,1H3. The van der Waals surface area contributed by atoms with Crippen LogP contribution in [0.1, 0.15) is 11.3 Å². The minimum atomic E-state index is -0.0521. The number of aromatic nitrogens is 1. The van der Waals surface area contributed by atoms with E-state index in [2.05, 4.69) is 36.8 Å². The molecule has 0 radical (unpaired) electrons. The van der Waals surface area contributed by atoms with Crippen LogP contribution in [0.5, 0.6) is 11.5 Å². The summed E-state index contributed by atoms with van der Waals surface area (Å²) in [7, 11) is 1.56. The van der Waals surface area contributed by atoms with Gasteiger partial charge in [-0.1, -0.05) is 0 Å². The summed E-state index contributed by atoms with van der Waals surface area (Å²) >= 11 is 6.76. The number of hydrogen-bond acceptors (Lipinski definition) is 4. The molecule has 2 rings (SSSR count). The van der Waals surface area contributed by atoms with E-state index in [0.29, 0.717) is 18.1 Å². The van der Waals surface area contributed by atoms with Crippen LogP contribution < -0.4 is 9.47 Å². The molecule has 1 aromatic carbocycles. The average Bonchev–Trinajstić information content (AvgIpc) is 2.47. The van der Waals surface area contributed by atoms with E-state index in [4.69, 9.17) is 9.47 Å². The second-order valence-electron chi connectivity index (χ2n) is 4.02. The van der Waals surface area contributed by atoms with Crippen molar-refractivity contribution in [2.75, 3.05) is 7.11 Å². The van der Waals surface area contributed by atoms with Crippen LogP contribution in [0.15, 0.2) is 39.4 Å². The summed E-state index contributed by atoms with van der Waals surface area (Å²) in [6.45, 7) is 0.282. The van der Waals surface area contributed by atoms with Crippen molar-refractivity contribution in [2.24, 2.45) is 0 Å². The molecular weight excluding hydrogens is 390 g/mol. The van der Waals surface area contributed by atoms with Gasteiger partial charge in [-0.15, -0.1) is 0 Å². The molecule has 0 saturated carbocycles. The number of benzene rings is 1. The minimum absolute atomic E-state index is 0.0521. The number of halogens is 2. The van der Waals surface area contributed by atoms with Crippen molar-refractivity contribution in [1.29, 1.82) is 0 Å². The van der Waals surface area contributed by atoms with Crippen molar-refractivity contribution in [3.8, 4) is 11.5 Å². The SMILES string of the molecule is COc1cc(CO)cc(Br)c1OCc1ccc(Br)cn1. The summed E-state index contributed by atoms with van der Waals surface area (Å²) in [5, 5.41) is 9.18. The molecule has 0 atom stereocenters. The quantitative estimate of drug-likeness (QED) is 0.828. The van der Waals surface area contributed by atoms with Gasteiger partial charge in [0.15, 0.2) is 11.5 Å². The molecule has 0 spiro atoms. The van der Waals surface area contributed by atoms with E-state index in [1.165, 1.54) is 0 Å². The topological polar surface area (TPSA) is 51.6 Å². The molecule has 1 N–H and O–H groups in total. The maximum atomic E-state index is 9.18. The molecule has 0 amide bonds. The lowest BCUT2D eigenvalue weighted by atomic mass is 10.2. The third-order valence-electron chi connectivity index (χ3n) is 2.62. The van der Waals surface area contributed by atoms with Crippen molar-refractivity contribution in [3.63, 3.8) is 0 Å². The van der Waals surface area contributed by atoms with Crippen LogP contribution in [-0.4, -0.2) is 17.2 Å². The van der Waals surface area contributed by atoms with Gasteiger partial charge in [0, 0.05) is 10.7 Å². The molecule has 0 aliphatic rings. The van der Waals surface area contributed by atoms with Crippen LogP contribution in [-0.2, 0) is 13.2 Å². The second kappa shape index (κ2) is 7.06. The highest BCUT2D eigenvalue weighted by molar-refractivity contribution is 9.10. The molecule has 106 valence electrons. The van der Waals surface area contributed by atoms with Gasteiger partial charge in [-0.3, -0.25) is 4.98 Å². The molecule has 1 heterocycles. The van der Waals surface area contributed by atoms with Gasteiger partial charge in [0.25, 0.3) is 0 Å². The number of aliphatic hydroxyl groups is 1.